The standard InChI is InChI=1S/C28H21IN2O4S/c29-19-10-12-20(13-11-19)31-27(33)25(18-6-2-1-3-7-18)36-22-16-14-21(15-17-22)30-26(32)23-8-4-5-9-24(23)28(34)35/h1-17,25H,(H,30,32)(H,31,33)(H,34,35). The number of rotatable bonds is 8. The van der Waals surface area contributed by atoms with E-state index in [1.165, 1.54) is 23.9 Å². The number of carbonyl (C=O) groups excluding carboxylic acids is 2. The van der Waals surface area contributed by atoms with Gasteiger partial charge in [-0.2, -0.15) is 0 Å². The maximum absolute atomic E-state index is 13.2. The Morgan fingerprint density at radius 2 is 1.25 bits per heavy atom. The molecule has 1 unspecified atom stereocenters. The molecule has 0 aromatic heterocycles. The Morgan fingerprint density at radius 1 is 0.694 bits per heavy atom. The van der Waals surface area contributed by atoms with E-state index in [4.69, 9.17) is 0 Å². The largest absolute Gasteiger partial charge is 0.478 e. The van der Waals surface area contributed by atoms with Crippen molar-refractivity contribution in [2.75, 3.05) is 10.6 Å². The van der Waals surface area contributed by atoms with Gasteiger partial charge in [0.25, 0.3) is 5.91 Å². The predicted molar refractivity (Wildman–Crippen MR) is 151 cm³/mol. The molecule has 0 spiro atoms. The molecule has 0 fully saturated rings. The van der Waals surface area contributed by atoms with Crippen molar-refractivity contribution in [3.63, 3.8) is 0 Å². The molecule has 4 rings (SSSR count). The summed E-state index contributed by atoms with van der Waals surface area (Å²) >= 11 is 3.61. The van der Waals surface area contributed by atoms with Crippen LogP contribution in [0.25, 0.3) is 0 Å². The fraction of sp³-hybridized carbons (Fsp3) is 0.0357. The van der Waals surface area contributed by atoms with Gasteiger partial charge in [-0.3, -0.25) is 9.59 Å². The number of aromatic carboxylic acids is 1. The molecule has 2 amide bonds. The first-order valence-corrected chi connectivity index (χ1v) is 12.9. The molecule has 6 nitrogen and oxygen atoms in total. The van der Waals surface area contributed by atoms with E-state index in [0.717, 1.165) is 19.7 Å². The number of thioether (sulfide) groups is 1. The Balaban J connectivity index is 1.49. The summed E-state index contributed by atoms with van der Waals surface area (Å²) < 4.78 is 1.08. The Hall–Kier alpha value is -3.63. The molecule has 4 aromatic rings. The fourth-order valence-corrected chi connectivity index (χ4v) is 4.84. The van der Waals surface area contributed by atoms with Gasteiger partial charge in [-0.05, 0) is 88.8 Å². The number of anilines is 2. The zero-order chi connectivity index (χ0) is 25.5. The molecule has 4 aromatic carbocycles. The predicted octanol–water partition coefficient (Wildman–Crippen LogP) is 6.71. The molecule has 3 N–H and O–H groups in total. The Bertz CT molecular complexity index is 1380. The highest BCUT2D eigenvalue weighted by Crippen LogP contribution is 2.36. The van der Waals surface area contributed by atoms with E-state index in [-0.39, 0.29) is 17.0 Å². The van der Waals surface area contributed by atoms with Crippen LogP contribution in [0.5, 0.6) is 0 Å². The van der Waals surface area contributed by atoms with Gasteiger partial charge in [0, 0.05) is 19.8 Å². The molecule has 0 saturated carbocycles. The topological polar surface area (TPSA) is 95.5 Å². The van der Waals surface area contributed by atoms with Crippen LogP contribution in [0.2, 0.25) is 0 Å². The lowest BCUT2D eigenvalue weighted by Gasteiger charge is -2.17. The zero-order valence-corrected chi connectivity index (χ0v) is 21.8. The third-order valence-corrected chi connectivity index (χ3v) is 7.21. The number of hydrogen-bond acceptors (Lipinski definition) is 4. The summed E-state index contributed by atoms with van der Waals surface area (Å²) in [6.45, 7) is 0. The third-order valence-electron chi connectivity index (χ3n) is 5.22. The number of carboxylic acid groups (broad SMARTS) is 1. The van der Waals surface area contributed by atoms with E-state index in [0.29, 0.717) is 5.69 Å². The summed E-state index contributed by atoms with van der Waals surface area (Å²) in [5, 5.41) is 14.6. The van der Waals surface area contributed by atoms with Crippen molar-refractivity contribution < 1.29 is 19.5 Å². The molecule has 1 atom stereocenters. The van der Waals surface area contributed by atoms with Crippen molar-refractivity contribution in [1.82, 2.24) is 0 Å². The quantitative estimate of drug-likeness (QED) is 0.153. The smallest absolute Gasteiger partial charge is 0.336 e. The molecule has 8 heteroatoms. The summed E-state index contributed by atoms with van der Waals surface area (Å²) in [7, 11) is 0. The van der Waals surface area contributed by atoms with E-state index in [1.54, 1.807) is 24.3 Å². The zero-order valence-electron chi connectivity index (χ0n) is 18.9. The molecule has 0 aliphatic rings. The van der Waals surface area contributed by atoms with Gasteiger partial charge in [0.05, 0.1) is 11.1 Å². The van der Waals surface area contributed by atoms with Gasteiger partial charge in [0.15, 0.2) is 0 Å². The normalized spacial score (nSPS) is 11.4. The summed E-state index contributed by atoms with van der Waals surface area (Å²) in [6, 6.07) is 30.3. The van der Waals surface area contributed by atoms with Crippen LogP contribution in [0.4, 0.5) is 11.4 Å². The summed E-state index contributed by atoms with van der Waals surface area (Å²) in [6.07, 6.45) is 0. The number of carboxylic acids is 1. The maximum Gasteiger partial charge on any atom is 0.336 e. The summed E-state index contributed by atoms with van der Waals surface area (Å²) in [4.78, 5) is 38.1. The van der Waals surface area contributed by atoms with Crippen LogP contribution in [0.3, 0.4) is 0 Å². The molecule has 0 saturated heterocycles. The molecular weight excluding hydrogens is 587 g/mol. The molecule has 0 aliphatic carbocycles. The van der Waals surface area contributed by atoms with Crippen LogP contribution in [-0.4, -0.2) is 22.9 Å². The molecular formula is C28H21IN2O4S. The second-order valence-electron chi connectivity index (χ2n) is 7.73. The van der Waals surface area contributed by atoms with Gasteiger partial charge < -0.3 is 15.7 Å². The maximum atomic E-state index is 13.2. The molecule has 0 radical (unpaired) electrons. The highest BCUT2D eigenvalue weighted by molar-refractivity contribution is 14.1. The van der Waals surface area contributed by atoms with Crippen LogP contribution in [0.1, 0.15) is 31.5 Å². The van der Waals surface area contributed by atoms with Gasteiger partial charge in [-0.1, -0.05) is 42.5 Å². The number of halogens is 1. The van der Waals surface area contributed by atoms with Gasteiger partial charge >= 0.3 is 5.97 Å². The van der Waals surface area contributed by atoms with Gasteiger partial charge in [0.2, 0.25) is 5.91 Å². The highest BCUT2D eigenvalue weighted by atomic mass is 127. The van der Waals surface area contributed by atoms with Gasteiger partial charge in [0.1, 0.15) is 5.25 Å². The average molecular weight is 608 g/mol. The van der Waals surface area contributed by atoms with E-state index in [2.05, 4.69) is 33.2 Å². The molecule has 0 aliphatic heterocycles. The molecule has 0 bridgehead atoms. The van der Waals surface area contributed by atoms with E-state index in [9.17, 15) is 19.5 Å². The lowest BCUT2D eigenvalue weighted by molar-refractivity contribution is -0.115. The van der Waals surface area contributed by atoms with Crippen LogP contribution in [-0.2, 0) is 4.79 Å². The van der Waals surface area contributed by atoms with Gasteiger partial charge in [-0.25, -0.2) is 4.79 Å². The Morgan fingerprint density at radius 3 is 1.89 bits per heavy atom. The van der Waals surface area contributed by atoms with Crippen LogP contribution in [0.15, 0.2) is 108 Å². The van der Waals surface area contributed by atoms with E-state index in [1.807, 2.05) is 66.7 Å². The molecule has 36 heavy (non-hydrogen) atoms. The minimum atomic E-state index is -1.16. The van der Waals surface area contributed by atoms with Crippen molar-refractivity contribution in [2.45, 2.75) is 10.1 Å². The van der Waals surface area contributed by atoms with Crippen LogP contribution < -0.4 is 10.6 Å². The number of benzene rings is 4. The second kappa shape index (κ2) is 11.9. The van der Waals surface area contributed by atoms with Crippen molar-refractivity contribution in [2.24, 2.45) is 0 Å². The average Bonchev–Trinajstić information content (AvgIpc) is 2.90. The summed E-state index contributed by atoms with van der Waals surface area (Å²) in [5.41, 5.74) is 2.13. The molecule has 180 valence electrons. The van der Waals surface area contributed by atoms with Crippen molar-refractivity contribution in [3.05, 3.63) is 123 Å². The second-order valence-corrected chi connectivity index (χ2v) is 10.2. The van der Waals surface area contributed by atoms with E-state index < -0.39 is 17.1 Å². The lowest BCUT2D eigenvalue weighted by atomic mass is 10.1. The van der Waals surface area contributed by atoms with Crippen molar-refractivity contribution in [3.8, 4) is 0 Å². The Kier molecular flexibility index (Phi) is 8.40. The van der Waals surface area contributed by atoms with Crippen LogP contribution in [0, 0.1) is 3.57 Å². The third kappa shape index (κ3) is 6.52. The Labute approximate surface area is 226 Å². The number of carbonyl (C=O) groups is 3. The number of hydrogen-bond donors (Lipinski definition) is 3. The minimum Gasteiger partial charge on any atom is -0.478 e. The SMILES string of the molecule is O=C(O)c1ccccc1C(=O)Nc1ccc(SC(C(=O)Nc2ccc(I)cc2)c2ccccc2)cc1. The minimum absolute atomic E-state index is 0.0629. The number of amides is 2. The van der Waals surface area contributed by atoms with E-state index >= 15 is 0 Å². The van der Waals surface area contributed by atoms with Gasteiger partial charge in [-0.15, -0.1) is 11.8 Å². The van der Waals surface area contributed by atoms with Crippen molar-refractivity contribution >= 4 is 63.5 Å². The first kappa shape index (κ1) is 25.5. The molecule has 0 heterocycles. The first-order chi connectivity index (χ1) is 17.4. The van der Waals surface area contributed by atoms with Crippen molar-refractivity contribution in [1.29, 1.82) is 0 Å². The lowest BCUT2D eigenvalue weighted by Crippen LogP contribution is -2.19. The first-order valence-electron chi connectivity index (χ1n) is 10.9. The monoisotopic (exact) mass is 608 g/mol. The number of nitrogens with one attached hydrogen (secondary N) is 2. The fourth-order valence-electron chi connectivity index (χ4n) is 3.46. The highest BCUT2D eigenvalue weighted by Gasteiger charge is 2.22. The van der Waals surface area contributed by atoms with Crippen LogP contribution >= 0.6 is 34.4 Å². The summed E-state index contributed by atoms with van der Waals surface area (Å²) in [5.74, 6) is -1.81.